The molecule has 4 heterocycles. The van der Waals surface area contributed by atoms with Crippen LogP contribution in [0.3, 0.4) is 0 Å². The average molecular weight is 1510 g/mol. The number of halogens is 2. The third-order valence-electron chi connectivity index (χ3n) is 21.8. The molecule has 572 valence electrons. The van der Waals surface area contributed by atoms with Crippen LogP contribution in [0.2, 0.25) is 10.0 Å². The summed E-state index contributed by atoms with van der Waals surface area (Å²) in [5, 5.41) is 38.7. The Morgan fingerprint density at radius 3 is 2.31 bits per heavy atom. The number of epoxide rings is 1. The second-order valence-corrected chi connectivity index (χ2v) is 31.8. The molecule has 28 heteroatoms. The topological polar surface area (TPSA) is 302 Å². The lowest BCUT2D eigenvalue weighted by molar-refractivity contribution is -0.267. The molecule has 3 aliphatic heterocycles. The maximum Gasteiger partial charge on any atom is 0.411 e. The Kier molecular flexibility index (Phi) is 26.3. The monoisotopic (exact) mass is 1510 g/mol. The normalized spacial score (nSPS) is 26.9. The minimum atomic E-state index is -2.38. The van der Waals surface area contributed by atoms with E-state index in [1.54, 1.807) is 43.3 Å². The number of nitrogens with one attached hydrogen (secondary N) is 2. The highest BCUT2D eigenvalue weighted by atomic mass is 35.5. The van der Waals surface area contributed by atoms with Crippen LogP contribution in [0, 0.1) is 23.7 Å². The average Bonchev–Trinajstić information content (AvgIpc) is 1.57. The van der Waals surface area contributed by atoms with Crippen molar-refractivity contribution in [1.29, 1.82) is 0 Å². The van der Waals surface area contributed by atoms with Crippen LogP contribution in [0.1, 0.15) is 151 Å². The van der Waals surface area contributed by atoms with E-state index in [-0.39, 0.29) is 79.8 Å². The predicted octanol–water partition coefficient (Wildman–Crippen LogP) is 10.2. The van der Waals surface area contributed by atoms with E-state index in [4.69, 9.17) is 61.1 Å². The lowest BCUT2D eigenvalue weighted by Gasteiger charge is -2.46. The summed E-state index contributed by atoms with van der Waals surface area (Å²) in [7, 11) is 5.73. The summed E-state index contributed by atoms with van der Waals surface area (Å²) in [6, 6.07) is 16.8. The van der Waals surface area contributed by atoms with Gasteiger partial charge in [0.1, 0.15) is 34.6 Å². The minimum Gasteiger partial charge on any atom is -0.495 e. The van der Waals surface area contributed by atoms with E-state index < -0.39 is 95.6 Å². The van der Waals surface area contributed by atoms with E-state index >= 15 is 4.79 Å². The predicted molar refractivity (Wildman–Crippen MR) is 395 cm³/mol. The second-order valence-electron chi connectivity index (χ2n) is 29.9. The number of hydrogen-bond donors (Lipinski definition) is 4. The molecule has 0 radical (unpaired) electrons. The molecule has 11 atom stereocenters. The number of thioether (sulfide) groups is 1. The van der Waals surface area contributed by atoms with Crippen LogP contribution in [-0.2, 0) is 89.1 Å². The molecule has 3 aliphatic carbocycles. The van der Waals surface area contributed by atoms with Gasteiger partial charge in [-0.25, -0.2) is 19.1 Å². The van der Waals surface area contributed by atoms with Gasteiger partial charge in [-0.3, -0.25) is 24.5 Å². The molecule has 2 saturated carbocycles. The Morgan fingerprint density at radius 1 is 0.933 bits per heavy atom. The first-order chi connectivity index (χ1) is 49.9. The van der Waals surface area contributed by atoms with Crippen LogP contribution in [0.15, 0.2) is 84.5 Å². The summed E-state index contributed by atoms with van der Waals surface area (Å²) < 4.78 is 48.8. The van der Waals surface area contributed by atoms with Crippen molar-refractivity contribution in [1.82, 2.24) is 35.4 Å². The number of benzene rings is 3. The van der Waals surface area contributed by atoms with Crippen molar-refractivity contribution in [3.8, 4) is 5.75 Å². The fourth-order valence-corrected chi connectivity index (χ4v) is 16.5. The molecular formula is C77H102Cl2N8O17S. The third-order valence-corrected chi connectivity index (χ3v) is 23.3. The van der Waals surface area contributed by atoms with Crippen molar-refractivity contribution >= 4 is 81.6 Å². The number of fused-ring (bicyclic) bond motifs is 7. The molecule has 4 N–H and O–H groups in total. The summed E-state index contributed by atoms with van der Waals surface area (Å²) in [5.74, 6) is -3.70. The van der Waals surface area contributed by atoms with Crippen molar-refractivity contribution in [3.63, 3.8) is 0 Å². The molecule has 6 aliphatic rings. The molecule has 3 aromatic carbocycles. The van der Waals surface area contributed by atoms with E-state index in [2.05, 4.69) is 46.4 Å². The number of carbonyl (C=O) groups excluding carboxylic acids is 7. The Labute approximate surface area is 629 Å². The van der Waals surface area contributed by atoms with Crippen molar-refractivity contribution < 1.29 is 81.7 Å². The first-order valence-electron chi connectivity index (χ1n) is 36.3. The van der Waals surface area contributed by atoms with Crippen LogP contribution >= 0.6 is 35.0 Å². The van der Waals surface area contributed by atoms with Gasteiger partial charge in [0.25, 0.3) is 0 Å². The van der Waals surface area contributed by atoms with Gasteiger partial charge in [-0.2, -0.15) is 0 Å². The second kappa shape index (κ2) is 34.4. The highest BCUT2D eigenvalue weighted by molar-refractivity contribution is 8.14. The van der Waals surface area contributed by atoms with E-state index in [0.717, 1.165) is 84.7 Å². The van der Waals surface area contributed by atoms with Gasteiger partial charge in [-0.1, -0.05) is 127 Å². The fraction of sp³-hybridized carbons (Fsp3) is 0.597. The fourth-order valence-electron chi connectivity index (χ4n) is 15.3. The lowest BCUT2D eigenvalue weighted by Crippen LogP contribution is -2.68. The molecular weight excluding hydrogens is 1410 g/mol. The maximum absolute atomic E-state index is 15.1. The van der Waals surface area contributed by atoms with Crippen LogP contribution in [0.5, 0.6) is 5.75 Å². The van der Waals surface area contributed by atoms with Crippen LogP contribution in [-0.4, -0.2) is 198 Å². The molecule has 4 fully saturated rings. The van der Waals surface area contributed by atoms with Gasteiger partial charge in [0.15, 0.2) is 5.72 Å². The smallest absolute Gasteiger partial charge is 0.411 e. The molecule has 4 bridgehead atoms. The number of likely N-dealkylation sites (N-methyl/N-ethyl adjacent to an activating group) is 1. The number of alkyl carbamates (subject to hydrolysis) is 2. The third kappa shape index (κ3) is 19.1. The summed E-state index contributed by atoms with van der Waals surface area (Å²) in [6.07, 6.45) is 6.88. The van der Waals surface area contributed by atoms with Gasteiger partial charge >= 0.3 is 18.2 Å². The van der Waals surface area contributed by atoms with Crippen LogP contribution < -0.4 is 20.3 Å². The Balaban J connectivity index is 0.719. The quantitative estimate of drug-likeness (QED) is 0.0219. The van der Waals surface area contributed by atoms with Gasteiger partial charge < -0.3 is 68.1 Å². The number of nitrogens with zero attached hydrogens (tertiary/aromatic N) is 6. The van der Waals surface area contributed by atoms with Crippen LogP contribution in [0.25, 0.3) is 0 Å². The van der Waals surface area contributed by atoms with Gasteiger partial charge in [-0.05, 0) is 145 Å². The first kappa shape index (κ1) is 80.4. The highest BCUT2D eigenvalue weighted by Gasteiger charge is 2.68. The van der Waals surface area contributed by atoms with Crippen molar-refractivity contribution in [2.45, 2.75) is 191 Å². The molecule has 0 unspecified atom stereocenters. The lowest BCUT2D eigenvalue weighted by atomic mass is 9.68. The van der Waals surface area contributed by atoms with E-state index in [1.807, 2.05) is 48.2 Å². The highest BCUT2D eigenvalue weighted by Crippen LogP contribution is 2.54. The number of amides is 5. The van der Waals surface area contributed by atoms with E-state index in [9.17, 15) is 39.0 Å². The Bertz CT molecular complexity index is 3850. The van der Waals surface area contributed by atoms with Crippen molar-refractivity contribution in [3.05, 3.63) is 128 Å². The Hall–Kier alpha value is -7.14. The largest absolute Gasteiger partial charge is 0.495 e. The summed E-state index contributed by atoms with van der Waals surface area (Å²) in [4.78, 5) is 102. The number of aromatic nitrogens is 3. The molecule has 10 rings (SSSR count). The van der Waals surface area contributed by atoms with Gasteiger partial charge in [-0.15, -0.1) is 5.10 Å². The zero-order valence-electron chi connectivity index (χ0n) is 62.0. The van der Waals surface area contributed by atoms with Crippen molar-refractivity contribution in [2.75, 3.05) is 85.1 Å². The number of carbonyl (C=O) groups is 7. The van der Waals surface area contributed by atoms with Gasteiger partial charge in [0.2, 0.25) is 28.6 Å². The number of methoxy groups -OCH3 is 2. The number of allylic oxidation sites excluding steroid dienone is 3. The summed E-state index contributed by atoms with van der Waals surface area (Å²) >= 11 is 14.2. The zero-order chi connectivity index (χ0) is 75.8. The minimum absolute atomic E-state index is 0.0259. The molecule has 0 spiro atoms. The summed E-state index contributed by atoms with van der Waals surface area (Å²) in [5.41, 5.74) is 1.64. The number of aliphatic hydroxyl groups is 2. The van der Waals surface area contributed by atoms with Gasteiger partial charge in [0, 0.05) is 63.6 Å². The number of hydrogen-bond acceptors (Lipinski definition) is 20. The molecule has 25 nitrogen and oxygen atoms in total. The SMILES string of the molecule is COc1cc2cc(c1Cl)N(C)C(=O)C[C@H](OC(=O)[C@H](C)N(C)C(=O)CCSC(=O)c1ccc(CN(CCOCCOCCNC(=O)OC[C@H]3[C@@H]4CCc5c(nnn5C(C)(C)C)CC[C@@H]43)C(=O)C3(c4ccc(Cl)cc4)CCCCC3)cc1)[C@]1(C)O[C@H]1[C@H](C)[C@]1(O)C[C@@](O)(NC(=O)O1)[C@H](OC)/C=C/C=C(\C)C2. The molecule has 5 amide bonds. The molecule has 2 saturated heterocycles. The number of ether oxygens (including phenoxy) is 8. The van der Waals surface area contributed by atoms with E-state index in [0.29, 0.717) is 65.6 Å². The molecule has 4 aromatic rings. The standard InChI is InChI=1S/C77H102Cl2N8O17S/c1-47-16-15-17-62(98-11)76(95)46-77(96,104-72(94)81-76)48(2)67-74(7,103-67)63(43-65(89)85(9)60-41-51(40-47)42-61(97-10)66(60)79)102-68(90)49(3)84(8)64(88)30-39-105-69(91)52-20-18-50(19-21-52)44-86(70(92)75(31-13-12-14-32-75)53-22-24-54(78)25-23-53)34-36-100-38-37-99-35-33-80-71(93)101-45-57-55-26-28-58-59(29-27-56(55)57)87(83-82-58)73(4,5)6/h15-25,41-42,48-49,55-57,62-63,67,95-96H,12-14,26-40,43-46H2,1-11H3,(H,80,93)(H,81,94)/b17-15+,47-16+/t48-,49-,55-,56+,57+,62+,63-,67-,74-,76-,77-/m0/s1. The summed E-state index contributed by atoms with van der Waals surface area (Å²) in [6.45, 7) is 15.0. The maximum atomic E-state index is 15.1. The van der Waals surface area contributed by atoms with E-state index in [1.165, 1.54) is 63.7 Å². The number of anilines is 1. The molecule has 1 aromatic heterocycles. The van der Waals surface area contributed by atoms with Crippen molar-refractivity contribution in [2.24, 2.45) is 23.7 Å². The van der Waals surface area contributed by atoms with Crippen LogP contribution in [0.4, 0.5) is 15.3 Å². The molecule has 105 heavy (non-hydrogen) atoms. The zero-order valence-corrected chi connectivity index (χ0v) is 64.4. The number of aryl methyl sites for hydroxylation is 1. The number of esters is 1. The first-order valence-corrected chi connectivity index (χ1v) is 38.1. The van der Waals surface area contributed by atoms with Gasteiger partial charge in [0.05, 0.1) is 93.0 Å². The number of rotatable bonds is 24. The Morgan fingerprint density at radius 2 is 1.63 bits per heavy atom.